The van der Waals surface area contributed by atoms with Gasteiger partial charge in [-0.05, 0) is 37.0 Å². The number of hydrogen-bond acceptors (Lipinski definition) is 5. The van der Waals surface area contributed by atoms with Crippen molar-refractivity contribution in [2.24, 2.45) is 5.92 Å². The zero-order valence-electron chi connectivity index (χ0n) is 16.3. The van der Waals surface area contributed by atoms with Crippen molar-refractivity contribution >= 4 is 27.5 Å². The maximum atomic E-state index is 12.5. The molecule has 156 valence electrons. The maximum Gasteiger partial charge on any atom is 0.251 e. The van der Waals surface area contributed by atoms with Crippen LogP contribution in [0.5, 0.6) is 0 Å². The van der Waals surface area contributed by atoms with E-state index in [1.54, 1.807) is 0 Å². The normalized spacial score (nSPS) is 21.1. The highest BCUT2D eigenvalue weighted by molar-refractivity contribution is 7.89. The number of amides is 1. The summed E-state index contributed by atoms with van der Waals surface area (Å²) in [7, 11) is -3.73. The molecular formula is C19H28ClN3O4S. The summed E-state index contributed by atoms with van der Waals surface area (Å²) in [5.41, 5.74) is 0.260. The van der Waals surface area contributed by atoms with E-state index in [1.807, 2.05) is 0 Å². The van der Waals surface area contributed by atoms with Gasteiger partial charge in [-0.15, -0.1) is 0 Å². The van der Waals surface area contributed by atoms with Crippen LogP contribution in [-0.4, -0.2) is 64.2 Å². The lowest BCUT2D eigenvalue weighted by molar-refractivity contribution is -0.0295. The molecule has 0 radical (unpaired) electrons. The van der Waals surface area contributed by atoms with Gasteiger partial charge in [-0.25, -0.2) is 13.1 Å². The second kappa shape index (κ2) is 9.09. The molecule has 1 aromatic carbocycles. The summed E-state index contributed by atoms with van der Waals surface area (Å²) in [5, 5.41) is 2.95. The number of ether oxygens (including phenoxy) is 1. The highest BCUT2D eigenvalue weighted by Gasteiger charge is 2.30. The number of sulfonamides is 1. The Morgan fingerprint density at radius 2 is 2.11 bits per heavy atom. The molecule has 0 spiro atoms. The molecule has 1 saturated carbocycles. The van der Waals surface area contributed by atoms with E-state index in [0.29, 0.717) is 19.1 Å². The van der Waals surface area contributed by atoms with Crippen LogP contribution in [0.25, 0.3) is 0 Å². The molecule has 1 aromatic rings. The van der Waals surface area contributed by atoms with E-state index in [-0.39, 0.29) is 33.5 Å². The summed E-state index contributed by atoms with van der Waals surface area (Å²) in [6, 6.07) is 4.27. The topological polar surface area (TPSA) is 87.7 Å². The average molecular weight is 430 g/mol. The molecule has 0 unspecified atom stereocenters. The Morgan fingerprint density at radius 1 is 1.36 bits per heavy atom. The van der Waals surface area contributed by atoms with Crippen LogP contribution in [0.1, 0.15) is 37.0 Å². The van der Waals surface area contributed by atoms with Crippen LogP contribution in [0.4, 0.5) is 0 Å². The van der Waals surface area contributed by atoms with E-state index < -0.39 is 10.0 Å². The first-order chi connectivity index (χ1) is 13.2. The largest absolute Gasteiger partial charge is 0.374 e. The van der Waals surface area contributed by atoms with E-state index in [9.17, 15) is 13.2 Å². The lowest BCUT2D eigenvalue weighted by Gasteiger charge is -2.33. The van der Waals surface area contributed by atoms with Crippen molar-refractivity contribution in [2.45, 2.75) is 43.7 Å². The molecule has 1 amide bonds. The molecule has 1 saturated heterocycles. The average Bonchev–Trinajstić information content (AvgIpc) is 3.43. The van der Waals surface area contributed by atoms with Crippen molar-refractivity contribution in [3.05, 3.63) is 28.8 Å². The highest BCUT2D eigenvalue weighted by atomic mass is 35.5. The number of halogens is 1. The zero-order valence-corrected chi connectivity index (χ0v) is 17.9. The van der Waals surface area contributed by atoms with Gasteiger partial charge >= 0.3 is 0 Å². The molecule has 0 bridgehead atoms. The molecule has 1 aliphatic heterocycles. The molecule has 0 aromatic heterocycles. The SMILES string of the molecule is CC(C)CN1CCO[C@@H](CNC(=O)c2ccc(Cl)c(S(=O)(=O)NC3CC3)c2)C1. The van der Waals surface area contributed by atoms with Crippen molar-refractivity contribution < 1.29 is 17.9 Å². The van der Waals surface area contributed by atoms with Gasteiger partial charge in [0.05, 0.1) is 17.7 Å². The first-order valence-corrected chi connectivity index (χ1v) is 11.5. The van der Waals surface area contributed by atoms with E-state index in [2.05, 4.69) is 28.8 Å². The summed E-state index contributed by atoms with van der Waals surface area (Å²) in [4.78, 5) is 14.8. The van der Waals surface area contributed by atoms with E-state index in [0.717, 1.165) is 32.5 Å². The Morgan fingerprint density at radius 3 is 2.79 bits per heavy atom. The number of carbonyl (C=O) groups excluding carboxylic acids is 1. The van der Waals surface area contributed by atoms with E-state index in [4.69, 9.17) is 16.3 Å². The quantitative estimate of drug-likeness (QED) is 0.658. The Balaban J connectivity index is 1.60. The molecule has 28 heavy (non-hydrogen) atoms. The van der Waals surface area contributed by atoms with Gasteiger partial charge in [0.15, 0.2) is 0 Å². The second-order valence-corrected chi connectivity index (χ2v) is 9.99. The predicted octanol–water partition coefficient (Wildman–Crippen LogP) is 1.87. The Labute approximate surface area is 171 Å². The van der Waals surface area contributed by atoms with Crippen LogP contribution in [0.3, 0.4) is 0 Å². The van der Waals surface area contributed by atoms with Crippen molar-refractivity contribution in [3.63, 3.8) is 0 Å². The fourth-order valence-corrected chi connectivity index (χ4v) is 5.06. The van der Waals surface area contributed by atoms with Crippen LogP contribution in [0.15, 0.2) is 23.1 Å². The molecule has 9 heteroatoms. The van der Waals surface area contributed by atoms with Crippen molar-refractivity contribution in [1.29, 1.82) is 0 Å². The van der Waals surface area contributed by atoms with Gasteiger partial charge in [0.2, 0.25) is 10.0 Å². The highest BCUT2D eigenvalue weighted by Crippen LogP contribution is 2.26. The van der Waals surface area contributed by atoms with Crippen LogP contribution in [0, 0.1) is 5.92 Å². The van der Waals surface area contributed by atoms with Gasteiger partial charge in [-0.1, -0.05) is 25.4 Å². The van der Waals surface area contributed by atoms with Gasteiger partial charge in [0.25, 0.3) is 5.91 Å². The minimum absolute atomic E-state index is 0.0317. The van der Waals surface area contributed by atoms with E-state index in [1.165, 1.54) is 18.2 Å². The molecular weight excluding hydrogens is 402 g/mol. The molecule has 7 nitrogen and oxygen atoms in total. The Kier molecular flexibility index (Phi) is 6.98. The number of rotatable bonds is 8. The smallest absolute Gasteiger partial charge is 0.251 e. The number of nitrogens with zero attached hydrogens (tertiary/aromatic N) is 1. The number of morpholine rings is 1. The molecule has 2 fully saturated rings. The summed E-state index contributed by atoms with van der Waals surface area (Å²) in [6.07, 6.45) is 1.57. The van der Waals surface area contributed by atoms with Crippen LogP contribution >= 0.6 is 11.6 Å². The number of benzene rings is 1. The Hall–Kier alpha value is -1.19. The predicted molar refractivity (Wildman–Crippen MR) is 108 cm³/mol. The maximum absolute atomic E-state index is 12.5. The molecule has 2 N–H and O–H groups in total. The molecule has 3 rings (SSSR count). The fourth-order valence-electron chi connectivity index (χ4n) is 3.23. The van der Waals surface area contributed by atoms with Gasteiger partial charge in [0.1, 0.15) is 4.90 Å². The van der Waals surface area contributed by atoms with Crippen LogP contribution in [0.2, 0.25) is 5.02 Å². The van der Waals surface area contributed by atoms with Crippen molar-refractivity contribution in [3.8, 4) is 0 Å². The fraction of sp³-hybridized carbons (Fsp3) is 0.632. The van der Waals surface area contributed by atoms with E-state index >= 15 is 0 Å². The summed E-state index contributed by atoms with van der Waals surface area (Å²) in [6.45, 7) is 8.04. The first-order valence-electron chi connectivity index (χ1n) is 9.68. The second-order valence-electron chi connectivity index (χ2n) is 7.90. The zero-order chi connectivity index (χ0) is 20.3. The first kappa shape index (κ1) is 21.5. The number of carbonyl (C=O) groups is 1. The van der Waals surface area contributed by atoms with Crippen molar-refractivity contribution in [1.82, 2.24) is 14.9 Å². The van der Waals surface area contributed by atoms with Gasteiger partial charge in [-0.3, -0.25) is 9.69 Å². The third-order valence-electron chi connectivity index (χ3n) is 4.72. The molecule has 1 heterocycles. The minimum atomic E-state index is -3.73. The summed E-state index contributed by atoms with van der Waals surface area (Å²) >= 11 is 6.07. The molecule has 1 atom stereocenters. The third-order valence-corrected chi connectivity index (χ3v) is 6.72. The lowest BCUT2D eigenvalue weighted by Crippen LogP contribution is -2.48. The van der Waals surface area contributed by atoms with Crippen LogP contribution < -0.4 is 10.0 Å². The Bertz CT molecular complexity index is 811. The lowest BCUT2D eigenvalue weighted by atomic mass is 10.1. The van der Waals surface area contributed by atoms with Crippen molar-refractivity contribution in [2.75, 3.05) is 32.8 Å². The minimum Gasteiger partial charge on any atom is -0.374 e. The van der Waals surface area contributed by atoms with Crippen LogP contribution in [-0.2, 0) is 14.8 Å². The van der Waals surface area contributed by atoms with Gasteiger partial charge in [0, 0.05) is 37.8 Å². The molecule has 1 aliphatic carbocycles. The summed E-state index contributed by atoms with van der Waals surface area (Å²) < 4.78 is 33.2. The van der Waals surface area contributed by atoms with Gasteiger partial charge in [-0.2, -0.15) is 0 Å². The standard InChI is InChI=1S/C19H28ClN3O4S/c1-13(2)11-23-7-8-27-16(12-23)10-21-19(24)14-3-6-17(20)18(9-14)28(25,26)22-15-4-5-15/h3,6,9,13,15-16,22H,4-5,7-8,10-12H2,1-2H3,(H,21,24)/t16-/m0/s1. The number of nitrogens with one attached hydrogen (secondary N) is 2. The monoisotopic (exact) mass is 429 g/mol. The summed E-state index contributed by atoms with van der Waals surface area (Å²) in [5.74, 6) is 0.233. The van der Waals surface area contributed by atoms with Gasteiger partial charge < -0.3 is 10.1 Å². The molecule has 2 aliphatic rings. The number of hydrogen-bond donors (Lipinski definition) is 2. The third kappa shape index (κ3) is 5.90.